The van der Waals surface area contributed by atoms with Gasteiger partial charge in [0, 0.05) is 32.2 Å². The van der Waals surface area contributed by atoms with Crippen LogP contribution in [0.15, 0.2) is 27.9 Å². The summed E-state index contributed by atoms with van der Waals surface area (Å²) in [6.07, 6.45) is 0.618. The lowest BCUT2D eigenvalue weighted by Crippen LogP contribution is -2.52. The Morgan fingerprint density at radius 2 is 1.73 bits per heavy atom. The number of imidazole rings is 1. The van der Waals surface area contributed by atoms with E-state index in [0.29, 0.717) is 43.6 Å². The van der Waals surface area contributed by atoms with Crippen LogP contribution in [0, 0.1) is 0 Å². The van der Waals surface area contributed by atoms with Gasteiger partial charge >= 0.3 is 5.69 Å². The van der Waals surface area contributed by atoms with E-state index in [2.05, 4.69) is 14.9 Å². The molecule has 9 nitrogen and oxygen atoms in total. The molecule has 0 radical (unpaired) electrons. The molecule has 142 valence electrons. The molecule has 1 atom stereocenters. The highest BCUT2D eigenvalue weighted by Crippen LogP contribution is 2.23. The summed E-state index contributed by atoms with van der Waals surface area (Å²) >= 11 is 0. The van der Waals surface area contributed by atoms with E-state index in [4.69, 9.17) is 0 Å². The molecule has 0 bridgehead atoms. The Labute approximate surface area is 151 Å². The molecule has 2 aliphatic heterocycles. The Balaban J connectivity index is 1.49. The van der Waals surface area contributed by atoms with E-state index in [0.717, 1.165) is 0 Å². The third-order valence-corrected chi connectivity index (χ3v) is 8.77. The van der Waals surface area contributed by atoms with Crippen LogP contribution in [-0.2, 0) is 19.9 Å². The number of hydrogen-bond donors (Lipinski definition) is 2. The first-order chi connectivity index (χ1) is 12.2. The van der Waals surface area contributed by atoms with Crippen LogP contribution in [0.3, 0.4) is 0 Å². The lowest BCUT2D eigenvalue weighted by Gasteiger charge is -2.36. The van der Waals surface area contributed by atoms with Gasteiger partial charge in [0.05, 0.1) is 27.4 Å². The van der Waals surface area contributed by atoms with Crippen LogP contribution in [-0.4, -0.2) is 79.7 Å². The maximum absolute atomic E-state index is 12.9. The van der Waals surface area contributed by atoms with Gasteiger partial charge in [0.25, 0.3) is 0 Å². The summed E-state index contributed by atoms with van der Waals surface area (Å²) in [6, 6.07) is 4.50. The number of sulfone groups is 1. The minimum Gasteiger partial charge on any atom is -0.306 e. The van der Waals surface area contributed by atoms with E-state index in [1.54, 1.807) is 6.07 Å². The Bertz CT molecular complexity index is 1090. The average Bonchev–Trinajstić information content (AvgIpc) is 3.15. The minimum atomic E-state index is -3.66. The molecule has 0 aliphatic carbocycles. The number of nitrogens with one attached hydrogen (secondary N) is 2. The minimum absolute atomic E-state index is 0.00821. The zero-order valence-electron chi connectivity index (χ0n) is 14.0. The second-order valence-corrected chi connectivity index (χ2v) is 11.0. The van der Waals surface area contributed by atoms with Gasteiger partial charge < -0.3 is 9.97 Å². The average molecular weight is 400 g/mol. The fourth-order valence-corrected chi connectivity index (χ4v) is 6.90. The summed E-state index contributed by atoms with van der Waals surface area (Å²) in [4.78, 5) is 18.7. The molecule has 0 saturated carbocycles. The summed E-state index contributed by atoms with van der Waals surface area (Å²) < 4.78 is 50.5. The largest absolute Gasteiger partial charge is 0.323 e. The van der Waals surface area contributed by atoms with E-state index >= 15 is 0 Å². The Morgan fingerprint density at radius 1 is 1.04 bits per heavy atom. The topological polar surface area (TPSA) is 123 Å². The van der Waals surface area contributed by atoms with Gasteiger partial charge in [-0.3, -0.25) is 4.90 Å². The monoisotopic (exact) mass is 400 g/mol. The van der Waals surface area contributed by atoms with Crippen molar-refractivity contribution < 1.29 is 16.8 Å². The number of rotatable bonds is 3. The fraction of sp³-hybridized carbons (Fsp3) is 0.533. The maximum Gasteiger partial charge on any atom is 0.323 e. The van der Waals surface area contributed by atoms with Crippen LogP contribution in [0.25, 0.3) is 11.0 Å². The molecule has 0 spiro atoms. The first-order valence-electron chi connectivity index (χ1n) is 8.41. The molecule has 2 saturated heterocycles. The number of piperazine rings is 1. The van der Waals surface area contributed by atoms with Gasteiger partial charge in [-0.05, 0) is 24.6 Å². The molecular formula is C15H20N4O5S2. The molecule has 1 unspecified atom stereocenters. The lowest BCUT2D eigenvalue weighted by molar-refractivity contribution is 0.148. The van der Waals surface area contributed by atoms with Gasteiger partial charge in [-0.2, -0.15) is 4.31 Å². The molecule has 3 heterocycles. The van der Waals surface area contributed by atoms with Crippen LogP contribution in [0.5, 0.6) is 0 Å². The van der Waals surface area contributed by atoms with Crippen molar-refractivity contribution >= 4 is 30.9 Å². The third kappa shape index (κ3) is 3.20. The molecule has 11 heteroatoms. The summed E-state index contributed by atoms with van der Waals surface area (Å²) in [7, 11) is -6.62. The van der Waals surface area contributed by atoms with Crippen LogP contribution >= 0.6 is 0 Å². The van der Waals surface area contributed by atoms with E-state index in [9.17, 15) is 21.6 Å². The fourth-order valence-electron chi connectivity index (χ4n) is 3.69. The number of sulfonamides is 1. The summed E-state index contributed by atoms with van der Waals surface area (Å²) in [6.45, 7) is 1.67. The Hall–Kier alpha value is -1.69. The number of aromatic nitrogens is 2. The maximum atomic E-state index is 12.9. The first-order valence-corrected chi connectivity index (χ1v) is 11.7. The normalized spacial score (nSPS) is 25.0. The smallest absolute Gasteiger partial charge is 0.306 e. The molecule has 1 aromatic carbocycles. The van der Waals surface area contributed by atoms with Gasteiger partial charge in [-0.25, -0.2) is 21.6 Å². The number of H-pyrrole nitrogens is 2. The van der Waals surface area contributed by atoms with E-state index in [1.165, 1.54) is 16.4 Å². The van der Waals surface area contributed by atoms with Crippen molar-refractivity contribution in [1.29, 1.82) is 0 Å². The molecule has 1 aromatic heterocycles. The van der Waals surface area contributed by atoms with Crippen molar-refractivity contribution in [2.45, 2.75) is 17.4 Å². The van der Waals surface area contributed by atoms with E-state index < -0.39 is 19.9 Å². The van der Waals surface area contributed by atoms with Crippen molar-refractivity contribution in [2.24, 2.45) is 0 Å². The van der Waals surface area contributed by atoms with Gasteiger partial charge in [-0.1, -0.05) is 0 Å². The van der Waals surface area contributed by atoms with Crippen LogP contribution < -0.4 is 5.69 Å². The SMILES string of the molecule is O=c1[nH]c2ccc(S(=O)(=O)N3CCN(C4CCS(=O)(=O)C4)CC3)cc2[nH]1. The third-order valence-electron chi connectivity index (χ3n) is 5.12. The lowest BCUT2D eigenvalue weighted by atomic mass is 10.2. The van der Waals surface area contributed by atoms with Crippen molar-refractivity contribution in [3.8, 4) is 0 Å². The van der Waals surface area contributed by atoms with Gasteiger partial charge in [0.2, 0.25) is 10.0 Å². The number of nitrogens with zero attached hydrogens (tertiary/aromatic N) is 2. The Morgan fingerprint density at radius 3 is 2.38 bits per heavy atom. The predicted molar refractivity (Wildman–Crippen MR) is 96.3 cm³/mol. The van der Waals surface area contributed by atoms with Crippen molar-refractivity contribution in [2.75, 3.05) is 37.7 Å². The second kappa shape index (κ2) is 6.19. The van der Waals surface area contributed by atoms with E-state index in [-0.39, 0.29) is 28.1 Å². The van der Waals surface area contributed by atoms with Crippen LogP contribution in [0.4, 0.5) is 0 Å². The van der Waals surface area contributed by atoms with Gasteiger partial charge in [0.1, 0.15) is 0 Å². The molecule has 26 heavy (non-hydrogen) atoms. The quantitative estimate of drug-likeness (QED) is 0.706. The standard InChI is InChI=1S/C15H20N4O5S2/c20-15-16-13-2-1-12(9-14(13)17-15)26(23,24)19-6-4-18(5-7-19)11-3-8-25(21,22)10-11/h1-2,9,11H,3-8,10H2,(H2,16,17,20). The number of fused-ring (bicyclic) bond motifs is 1. The number of hydrogen-bond acceptors (Lipinski definition) is 6. The first kappa shape index (κ1) is 17.7. The molecule has 0 amide bonds. The summed E-state index contributed by atoms with van der Waals surface area (Å²) in [5.41, 5.74) is 0.627. The molecule has 2 fully saturated rings. The van der Waals surface area contributed by atoms with E-state index in [1.807, 2.05) is 0 Å². The van der Waals surface area contributed by atoms with Crippen LogP contribution in [0.1, 0.15) is 6.42 Å². The highest BCUT2D eigenvalue weighted by molar-refractivity contribution is 7.91. The molecular weight excluding hydrogens is 380 g/mol. The molecule has 4 rings (SSSR count). The van der Waals surface area contributed by atoms with Crippen molar-refractivity contribution in [3.63, 3.8) is 0 Å². The highest BCUT2D eigenvalue weighted by Gasteiger charge is 2.36. The second-order valence-electron chi connectivity index (χ2n) is 6.78. The zero-order valence-corrected chi connectivity index (χ0v) is 15.6. The van der Waals surface area contributed by atoms with Crippen LogP contribution in [0.2, 0.25) is 0 Å². The highest BCUT2D eigenvalue weighted by atomic mass is 32.2. The zero-order chi connectivity index (χ0) is 18.5. The van der Waals surface area contributed by atoms with Gasteiger partial charge in [-0.15, -0.1) is 0 Å². The van der Waals surface area contributed by atoms with Gasteiger partial charge in [0.15, 0.2) is 9.84 Å². The molecule has 2 aliphatic rings. The van der Waals surface area contributed by atoms with Crippen molar-refractivity contribution in [1.82, 2.24) is 19.2 Å². The number of aromatic amines is 2. The molecule has 2 aromatic rings. The predicted octanol–water partition coefficient (Wildman–Crippen LogP) is -0.650. The van der Waals surface area contributed by atoms with Crippen molar-refractivity contribution in [3.05, 3.63) is 28.7 Å². The molecule has 2 N–H and O–H groups in total. The number of benzene rings is 1. The summed E-state index contributed by atoms with van der Waals surface area (Å²) in [5, 5.41) is 0. The Kier molecular flexibility index (Phi) is 4.21. The summed E-state index contributed by atoms with van der Waals surface area (Å²) in [5.74, 6) is 0.377.